The van der Waals surface area contributed by atoms with E-state index in [1.807, 2.05) is 12.1 Å². The number of hydrogen-bond acceptors (Lipinski definition) is 2. The predicted octanol–water partition coefficient (Wildman–Crippen LogP) is 3.57. The molecular formula is C19H19Cl2NO3. The van der Waals surface area contributed by atoms with E-state index < -0.39 is 17.8 Å². The van der Waals surface area contributed by atoms with Gasteiger partial charge >= 0.3 is 5.97 Å². The summed E-state index contributed by atoms with van der Waals surface area (Å²) in [5.41, 5.74) is 0.956. The second kappa shape index (κ2) is 6.03. The molecule has 0 heterocycles. The Morgan fingerprint density at radius 3 is 2.44 bits per heavy atom. The number of carbonyl (C=O) groups is 2. The molecule has 2 fully saturated rings. The number of carboxylic acids is 1. The van der Waals surface area contributed by atoms with E-state index in [0.717, 1.165) is 18.4 Å². The fourth-order valence-corrected chi connectivity index (χ4v) is 5.36. The SMILES string of the molecule is O=C(NCCc1ccc(Cl)cc1Cl)C1[C@H](C(=O)O)[C@H]2C=C[C@@H]1C21CC1. The molecule has 1 spiro atoms. The average Bonchev–Trinajstić information content (AvgIpc) is 3.22. The van der Waals surface area contributed by atoms with Crippen molar-refractivity contribution in [1.82, 2.24) is 5.32 Å². The topological polar surface area (TPSA) is 66.4 Å². The first-order chi connectivity index (χ1) is 11.9. The van der Waals surface area contributed by atoms with Crippen molar-refractivity contribution in [3.05, 3.63) is 46.0 Å². The van der Waals surface area contributed by atoms with Crippen molar-refractivity contribution in [2.24, 2.45) is 29.1 Å². The van der Waals surface area contributed by atoms with Gasteiger partial charge in [-0.05, 0) is 54.2 Å². The Labute approximate surface area is 156 Å². The van der Waals surface area contributed by atoms with E-state index in [-0.39, 0.29) is 23.2 Å². The van der Waals surface area contributed by atoms with Crippen LogP contribution in [0.2, 0.25) is 10.0 Å². The van der Waals surface area contributed by atoms with Crippen molar-refractivity contribution in [3.63, 3.8) is 0 Å². The summed E-state index contributed by atoms with van der Waals surface area (Å²) < 4.78 is 0. The van der Waals surface area contributed by atoms with Crippen LogP contribution in [0, 0.1) is 29.1 Å². The Morgan fingerprint density at radius 1 is 1.16 bits per heavy atom. The maximum Gasteiger partial charge on any atom is 0.307 e. The molecule has 3 aliphatic carbocycles. The van der Waals surface area contributed by atoms with Gasteiger partial charge in [0.05, 0.1) is 11.8 Å². The van der Waals surface area contributed by atoms with E-state index in [1.165, 1.54) is 0 Å². The van der Waals surface area contributed by atoms with E-state index in [4.69, 9.17) is 23.2 Å². The molecule has 4 atom stereocenters. The highest BCUT2D eigenvalue weighted by Crippen LogP contribution is 2.71. The molecule has 4 rings (SSSR count). The summed E-state index contributed by atoms with van der Waals surface area (Å²) in [6, 6.07) is 5.29. The van der Waals surface area contributed by atoms with Crippen LogP contribution in [0.15, 0.2) is 30.4 Å². The van der Waals surface area contributed by atoms with Crippen LogP contribution in [0.4, 0.5) is 0 Å². The van der Waals surface area contributed by atoms with E-state index in [1.54, 1.807) is 12.1 Å². The van der Waals surface area contributed by atoms with Crippen LogP contribution in [-0.4, -0.2) is 23.5 Å². The van der Waals surface area contributed by atoms with Crippen molar-refractivity contribution >= 4 is 35.1 Å². The lowest BCUT2D eigenvalue weighted by atomic mass is 9.82. The molecule has 1 aromatic rings. The zero-order chi connectivity index (χ0) is 17.8. The maximum absolute atomic E-state index is 12.7. The minimum Gasteiger partial charge on any atom is -0.481 e. The summed E-state index contributed by atoms with van der Waals surface area (Å²) in [4.78, 5) is 24.5. The molecule has 1 amide bonds. The van der Waals surface area contributed by atoms with Crippen molar-refractivity contribution in [1.29, 1.82) is 0 Å². The van der Waals surface area contributed by atoms with Crippen LogP contribution >= 0.6 is 23.2 Å². The van der Waals surface area contributed by atoms with Crippen LogP contribution < -0.4 is 5.32 Å². The fraction of sp³-hybridized carbons (Fsp3) is 0.474. The normalized spacial score (nSPS) is 30.6. The molecule has 2 N–H and O–H groups in total. The number of aliphatic carboxylic acids is 1. The van der Waals surface area contributed by atoms with Gasteiger partial charge in [0.25, 0.3) is 0 Å². The van der Waals surface area contributed by atoms with Crippen molar-refractivity contribution in [3.8, 4) is 0 Å². The number of allylic oxidation sites excluding steroid dienone is 2. The number of halogens is 2. The van der Waals surface area contributed by atoms with Gasteiger partial charge in [-0.1, -0.05) is 41.4 Å². The molecule has 1 aromatic carbocycles. The zero-order valence-electron chi connectivity index (χ0n) is 13.5. The van der Waals surface area contributed by atoms with Crippen molar-refractivity contribution < 1.29 is 14.7 Å². The third-order valence-corrected chi connectivity index (χ3v) is 6.73. The lowest BCUT2D eigenvalue weighted by molar-refractivity contribution is -0.147. The first-order valence-electron chi connectivity index (χ1n) is 8.57. The van der Waals surface area contributed by atoms with Crippen LogP contribution in [0.1, 0.15) is 18.4 Å². The lowest BCUT2D eigenvalue weighted by Crippen LogP contribution is -2.40. The van der Waals surface area contributed by atoms with Gasteiger partial charge in [-0.25, -0.2) is 0 Å². The minimum absolute atomic E-state index is 0.0106. The predicted molar refractivity (Wildman–Crippen MR) is 95.6 cm³/mol. The number of rotatable bonds is 5. The Kier molecular flexibility index (Phi) is 4.08. The summed E-state index contributed by atoms with van der Waals surface area (Å²) in [7, 11) is 0. The largest absolute Gasteiger partial charge is 0.481 e. The number of carbonyl (C=O) groups excluding carboxylic acids is 1. The molecule has 6 heteroatoms. The molecule has 0 saturated heterocycles. The first-order valence-corrected chi connectivity index (χ1v) is 9.32. The molecule has 4 nitrogen and oxygen atoms in total. The van der Waals surface area contributed by atoms with Crippen LogP contribution in [0.5, 0.6) is 0 Å². The summed E-state index contributed by atoms with van der Waals surface area (Å²) in [6.45, 7) is 0.428. The molecule has 2 saturated carbocycles. The number of benzene rings is 1. The van der Waals surface area contributed by atoms with Gasteiger partial charge in [0.15, 0.2) is 0 Å². The Bertz CT molecular complexity index is 772. The molecule has 3 aliphatic rings. The summed E-state index contributed by atoms with van der Waals surface area (Å²) in [5.74, 6) is -1.99. The van der Waals surface area contributed by atoms with Crippen LogP contribution in [-0.2, 0) is 16.0 Å². The summed E-state index contributed by atoms with van der Waals surface area (Å²) in [5, 5.41) is 13.7. The smallest absolute Gasteiger partial charge is 0.307 e. The highest BCUT2D eigenvalue weighted by Gasteiger charge is 2.69. The molecule has 0 aromatic heterocycles. The van der Waals surface area contributed by atoms with E-state index in [9.17, 15) is 14.7 Å². The van der Waals surface area contributed by atoms with Gasteiger partial charge in [0.2, 0.25) is 5.91 Å². The third-order valence-electron chi connectivity index (χ3n) is 6.14. The van der Waals surface area contributed by atoms with Gasteiger partial charge in [0, 0.05) is 16.6 Å². The standard InChI is InChI=1S/C19H19Cl2NO3/c20-11-2-1-10(14(21)9-11)5-8-22-17(23)15-12-3-4-13(16(15)18(24)25)19(12)6-7-19/h1-4,9,12-13,15-16H,5-8H2,(H,22,23)(H,24,25)/t12-,13+,15?,16+/m0/s1. The highest BCUT2D eigenvalue weighted by atomic mass is 35.5. The van der Waals surface area contributed by atoms with Gasteiger partial charge < -0.3 is 10.4 Å². The number of amides is 1. The summed E-state index contributed by atoms with van der Waals surface area (Å²) in [6.07, 6.45) is 6.74. The van der Waals surface area contributed by atoms with Gasteiger partial charge in [-0.3, -0.25) is 9.59 Å². The van der Waals surface area contributed by atoms with E-state index >= 15 is 0 Å². The second-order valence-electron chi connectivity index (χ2n) is 7.34. The lowest BCUT2D eigenvalue weighted by Gasteiger charge is -2.23. The Balaban J connectivity index is 1.42. The second-order valence-corrected chi connectivity index (χ2v) is 8.18. The molecule has 0 radical (unpaired) electrons. The number of carboxylic acid groups (broad SMARTS) is 1. The van der Waals surface area contributed by atoms with Crippen molar-refractivity contribution in [2.75, 3.05) is 6.54 Å². The van der Waals surface area contributed by atoms with Crippen LogP contribution in [0.3, 0.4) is 0 Å². The minimum atomic E-state index is -0.857. The van der Waals surface area contributed by atoms with Gasteiger partial charge in [-0.2, -0.15) is 0 Å². The quantitative estimate of drug-likeness (QED) is 0.768. The highest BCUT2D eigenvalue weighted by molar-refractivity contribution is 6.35. The first kappa shape index (κ1) is 16.9. The van der Waals surface area contributed by atoms with E-state index in [2.05, 4.69) is 11.4 Å². The maximum atomic E-state index is 12.7. The Hall–Kier alpha value is -1.52. The van der Waals surface area contributed by atoms with Gasteiger partial charge in [0.1, 0.15) is 0 Å². The Morgan fingerprint density at radius 2 is 1.84 bits per heavy atom. The molecule has 1 unspecified atom stereocenters. The number of nitrogens with one attached hydrogen (secondary N) is 1. The van der Waals surface area contributed by atoms with Gasteiger partial charge in [-0.15, -0.1) is 0 Å². The molecule has 25 heavy (non-hydrogen) atoms. The van der Waals surface area contributed by atoms with Crippen LogP contribution in [0.25, 0.3) is 0 Å². The molecule has 132 valence electrons. The van der Waals surface area contributed by atoms with E-state index in [0.29, 0.717) is 23.0 Å². The molecule has 2 bridgehead atoms. The fourth-order valence-electron chi connectivity index (χ4n) is 4.85. The third kappa shape index (κ3) is 2.67. The molecular weight excluding hydrogens is 361 g/mol. The molecule has 0 aliphatic heterocycles. The average molecular weight is 380 g/mol. The van der Waals surface area contributed by atoms with Crippen molar-refractivity contribution in [2.45, 2.75) is 19.3 Å². The zero-order valence-corrected chi connectivity index (χ0v) is 15.1. The number of hydrogen-bond donors (Lipinski definition) is 2. The summed E-state index contributed by atoms with van der Waals surface area (Å²) >= 11 is 12.0. The monoisotopic (exact) mass is 379 g/mol.